The standard InChI is InChI=1S/C40H54N4O8/c1-24(7-15-35(47)41-21-5-6-26-8-14-34(44(49)50)38-37(26)42-52-43-38)31-12-13-32-30-11-9-27-23-29(51-36(48)16-10-28(46)22-25(2)45)17-19-39(27,3)33(30)18-20-40(31,32)4/h8-9,14,22,24,29-33,46H,5-7,10-13,15-21,23H2,1-4H3,(H,41,47). The second-order valence-electron chi connectivity index (χ2n) is 16.5. The maximum absolute atomic E-state index is 12.9. The smallest absolute Gasteiger partial charge is 0.306 e. The number of fused-ring (bicyclic) bond motifs is 6. The number of aromatic nitrogens is 2. The van der Waals surface area contributed by atoms with Gasteiger partial charge in [0.1, 0.15) is 11.6 Å². The van der Waals surface area contributed by atoms with Gasteiger partial charge in [-0.1, -0.05) is 32.4 Å². The average Bonchev–Trinajstić information content (AvgIpc) is 3.73. The summed E-state index contributed by atoms with van der Waals surface area (Å²) in [5, 5.41) is 31.7. The van der Waals surface area contributed by atoms with Crippen LogP contribution in [0.15, 0.2) is 40.2 Å². The van der Waals surface area contributed by atoms with Crippen LogP contribution >= 0.6 is 0 Å². The zero-order chi connectivity index (χ0) is 37.2. The first kappa shape index (κ1) is 37.7. The van der Waals surface area contributed by atoms with Gasteiger partial charge in [-0.2, -0.15) is 0 Å². The van der Waals surface area contributed by atoms with Gasteiger partial charge in [-0.05, 0) is 133 Å². The van der Waals surface area contributed by atoms with Gasteiger partial charge in [-0.25, -0.2) is 4.63 Å². The summed E-state index contributed by atoms with van der Waals surface area (Å²) < 4.78 is 10.6. The summed E-state index contributed by atoms with van der Waals surface area (Å²) in [7, 11) is 0. The lowest BCUT2D eigenvalue weighted by Crippen LogP contribution is -2.51. The van der Waals surface area contributed by atoms with Crippen LogP contribution in [-0.2, 0) is 25.5 Å². The molecule has 52 heavy (non-hydrogen) atoms. The van der Waals surface area contributed by atoms with Crippen molar-refractivity contribution in [1.82, 2.24) is 15.6 Å². The molecule has 0 saturated heterocycles. The Hall–Kier alpha value is -4.09. The highest BCUT2D eigenvalue weighted by Crippen LogP contribution is 2.67. The minimum Gasteiger partial charge on any atom is -0.512 e. The number of ketones is 1. The number of nitro groups is 1. The van der Waals surface area contributed by atoms with Crippen molar-refractivity contribution in [3.63, 3.8) is 0 Å². The van der Waals surface area contributed by atoms with Gasteiger partial charge in [0.2, 0.25) is 11.4 Å². The zero-order valence-corrected chi connectivity index (χ0v) is 31.0. The van der Waals surface area contributed by atoms with Crippen LogP contribution in [0, 0.1) is 50.5 Å². The molecule has 8 unspecified atom stereocenters. The Balaban J connectivity index is 0.968. The number of amides is 1. The number of esters is 1. The molecule has 4 aliphatic rings. The average molecular weight is 719 g/mol. The molecule has 0 spiro atoms. The molecule has 12 heteroatoms. The molecule has 3 fully saturated rings. The van der Waals surface area contributed by atoms with E-state index in [9.17, 15) is 29.6 Å². The number of benzene rings is 1. The number of ether oxygens (including phenoxy) is 1. The Kier molecular flexibility index (Phi) is 11.2. The number of hydrogen-bond donors (Lipinski definition) is 2. The summed E-state index contributed by atoms with van der Waals surface area (Å²) in [6, 6.07) is 3.10. The van der Waals surface area contributed by atoms with Crippen LogP contribution in [0.2, 0.25) is 0 Å². The van der Waals surface area contributed by atoms with Crippen LogP contribution in [0.5, 0.6) is 0 Å². The summed E-state index contributed by atoms with van der Waals surface area (Å²) in [6.07, 6.45) is 15.0. The van der Waals surface area contributed by atoms with E-state index in [2.05, 4.69) is 42.5 Å². The van der Waals surface area contributed by atoms with Gasteiger partial charge >= 0.3 is 11.7 Å². The fourth-order valence-electron chi connectivity index (χ4n) is 10.9. The van der Waals surface area contributed by atoms with Crippen LogP contribution in [0.4, 0.5) is 5.69 Å². The van der Waals surface area contributed by atoms with E-state index < -0.39 is 4.92 Å². The first-order chi connectivity index (χ1) is 24.8. The van der Waals surface area contributed by atoms with E-state index in [1.807, 2.05) is 0 Å². The third-order valence-electron chi connectivity index (χ3n) is 13.5. The van der Waals surface area contributed by atoms with E-state index in [-0.39, 0.29) is 64.4 Å². The third kappa shape index (κ3) is 7.67. The molecule has 1 heterocycles. The van der Waals surface area contributed by atoms with Crippen molar-refractivity contribution >= 4 is 34.4 Å². The molecule has 2 N–H and O–H groups in total. The molecule has 8 atom stereocenters. The lowest BCUT2D eigenvalue weighted by atomic mass is 9.47. The van der Waals surface area contributed by atoms with Crippen molar-refractivity contribution in [1.29, 1.82) is 0 Å². The molecular weight excluding hydrogens is 664 g/mol. The van der Waals surface area contributed by atoms with E-state index in [0.29, 0.717) is 60.9 Å². The normalized spacial score (nSPS) is 30.4. The first-order valence-corrected chi connectivity index (χ1v) is 19.2. The van der Waals surface area contributed by atoms with Crippen LogP contribution in [0.1, 0.15) is 117 Å². The number of nitrogens with zero attached hydrogens (tertiary/aromatic N) is 3. The largest absolute Gasteiger partial charge is 0.512 e. The van der Waals surface area contributed by atoms with Crippen LogP contribution in [0.3, 0.4) is 0 Å². The first-order valence-electron chi connectivity index (χ1n) is 19.2. The van der Waals surface area contributed by atoms with E-state index >= 15 is 0 Å². The second kappa shape index (κ2) is 15.5. The lowest BCUT2D eigenvalue weighted by molar-refractivity contribution is -0.383. The number of aryl methyl sites for hydroxylation is 1. The van der Waals surface area contributed by atoms with E-state index in [0.717, 1.165) is 43.7 Å². The van der Waals surface area contributed by atoms with Gasteiger partial charge in [0, 0.05) is 37.9 Å². The van der Waals surface area contributed by atoms with Gasteiger partial charge in [-0.15, -0.1) is 0 Å². The fourth-order valence-corrected chi connectivity index (χ4v) is 10.9. The molecule has 282 valence electrons. The zero-order valence-electron chi connectivity index (χ0n) is 31.0. The minimum absolute atomic E-state index is 0.0642. The summed E-state index contributed by atoms with van der Waals surface area (Å²) >= 11 is 0. The molecular formula is C40H54N4O8. The predicted molar refractivity (Wildman–Crippen MR) is 194 cm³/mol. The van der Waals surface area contributed by atoms with Crippen molar-refractivity contribution in [2.75, 3.05) is 6.54 Å². The van der Waals surface area contributed by atoms with Gasteiger partial charge in [0.25, 0.3) is 0 Å². The van der Waals surface area contributed by atoms with Crippen molar-refractivity contribution < 1.29 is 33.8 Å². The topological polar surface area (TPSA) is 175 Å². The quantitative estimate of drug-likeness (QED) is 0.0372. The number of aliphatic hydroxyl groups excluding tert-OH is 1. The predicted octanol–water partition coefficient (Wildman–Crippen LogP) is 7.90. The molecule has 12 nitrogen and oxygen atoms in total. The van der Waals surface area contributed by atoms with Crippen LogP contribution in [0.25, 0.3) is 11.0 Å². The molecule has 0 aliphatic heterocycles. The van der Waals surface area contributed by atoms with Crippen molar-refractivity contribution in [3.8, 4) is 0 Å². The molecule has 2 aromatic rings. The molecule has 0 radical (unpaired) electrons. The summed E-state index contributed by atoms with van der Waals surface area (Å²) in [5.74, 6) is 2.45. The number of non-ortho nitro benzene ring substituents is 1. The van der Waals surface area contributed by atoms with Crippen molar-refractivity contribution in [2.24, 2.45) is 40.4 Å². The highest BCUT2D eigenvalue weighted by Gasteiger charge is 2.59. The highest BCUT2D eigenvalue weighted by atomic mass is 16.6. The number of carbonyl (C=O) groups excluding carboxylic acids is 3. The molecule has 1 amide bonds. The molecule has 1 aromatic carbocycles. The molecule has 1 aromatic heterocycles. The van der Waals surface area contributed by atoms with Crippen molar-refractivity contribution in [3.05, 3.63) is 51.3 Å². The number of rotatable bonds is 14. The summed E-state index contributed by atoms with van der Waals surface area (Å²) in [4.78, 5) is 47.4. The molecule has 4 aliphatic carbocycles. The maximum atomic E-state index is 12.9. The lowest BCUT2D eigenvalue weighted by Gasteiger charge is -2.58. The number of allylic oxidation sites excluding steroid dienone is 3. The minimum atomic E-state index is -0.496. The van der Waals surface area contributed by atoms with Gasteiger partial charge in [0.05, 0.1) is 17.1 Å². The second-order valence-corrected chi connectivity index (χ2v) is 16.5. The van der Waals surface area contributed by atoms with E-state index in [1.54, 1.807) is 6.07 Å². The van der Waals surface area contributed by atoms with Crippen LogP contribution in [-0.4, -0.2) is 50.7 Å². The summed E-state index contributed by atoms with van der Waals surface area (Å²) in [5.41, 5.74) is 3.08. The Morgan fingerprint density at radius 2 is 1.88 bits per heavy atom. The van der Waals surface area contributed by atoms with Crippen molar-refractivity contribution in [2.45, 2.75) is 124 Å². The van der Waals surface area contributed by atoms with E-state index in [1.165, 1.54) is 44.2 Å². The molecule has 6 rings (SSSR count). The Bertz CT molecular complexity index is 1750. The molecule has 0 bridgehead atoms. The number of nitrogens with one attached hydrogen (secondary N) is 1. The monoisotopic (exact) mass is 718 g/mol. The van der Waals surface area contributed by atoms with E-state index in [4.69, 9.17) is 9.37 Å². The fraction of sp³-hybridized carbons (Fsp3) is 0.675. The molecule has 3 saturated carbocycles. The summed E-state index contributed by atoms with van der Waals surface area (Å²) in [6.45, 7) is 9.21. The Morgan fingerprint density at radius 1 is 1.10 bits per heavy atom. The number of aliphatic hydroxyl groups is 1. The number of hydrogen-bond acceptors (Lipinski definition) is 10. The maximum Gasteiger partial charge on any atom is 0.306 e. The number of nitro benzene ring substituents is 1. The Morgan fingerprint density at radius 3 is 2.65 bits per heavy atom. The highest BCUT2D eigenvalue weighted by molar-refractivity contribution is 5.87. The van der Waals surface area contributed by atoms with Gasteiger partial charge in [-0.3, -0.25) is 24.5 Å². The number of carbonyl (C=O) groups is 3. The third-order valence-corrected chi connectivity index (χ3v) is 13.5. The SMILES string of the molecule is CC(=O)C=C(O)CCC(=O)OC1CCC2(C)C(=CCC3C2CCC2(C)C(C(C)CCC(=O)NCCCc4ccc([N+](=O)[O-])c5nonc45)CCC32)C1. The van der Waals surface area contributed by atoms with Crippen LogP contribution < -0.4 is 5.32 Å². The van der Waals surface area contributed by atoms with Gasteiger partial charge in [0.15, 0.2) is 5.78 Å². The van der Waals surface area contributed by atoms with Gasteiger partial charge < -0.3 is 15.2 Å². The Labute approximate surface area is 305 Å².